The Morgan fingerprint density at radius 1 is 1.33 bits per heavy atom. The highest BCUT2D eigenvalue weighted by Gasteiger charge is 2.30. The molecule has 1 aliphatic rings. The van der Waals surface area contributed by atoms with Crippen molar-refractivity contribution in [3.05, 3.63) is 30.3 Å². The molecule has 1 aromatic carbocycles. The van der Waals surface area contributed by atoms with E-state index in [-0.39, 0.29) is 17.3 Å². The monoisotopic (exact) mass is 310 g/mol. The lowest BCUT2D eigenvalue weighted by atomic mass is 10.00. The van der Waals surface area contributed by atoms with Crippen LogP contribution in [0, 0.1) is 0 Å². The molecule has 2 rings (SSSR count). The Balaban J connectivity index is 1.88. The van der Waals surface area contributed by atoms with E-state index >= 15 is 0 Å². The topological polar surface area (TPSA) is 66.8 Å². The highest BCUT2D eigenvalue weighted by atomic mass is 32.2. The molecule has 4 atom stereocenters. The van der Waals surface area contributed by atoms with Crippen LogP contribution >= 0.6 is 11.8 Å². The molecule has 0 amide bonds. The van der Waals surface area contributed by atoms with Crippen LogP contribution < -0.4 is 0 Å². The predicted octanol–water partition coefficient (Wildman–Crippen LogP) is 2.37. The van der Waals surface area contributed by atoms with Gasteiger partial charge in [0.05, 0.1) is 18.6 Å². The standard InChI is InChI=1S/C16H22O4S/c1-11(17)7-12(18)8-13-9-15(10-16(19)20-13)21-14-5-3-2-4-6-14/h2-6,11-13,15,17-18H,7-10H2,1H3/t11-,12-,13-,15?/m1/s1. The number of cyclic esters (lactones) is 1. The van der Waals surface area contributed by atoms with Gasteiger partial charge in [-0.05, 0) is 31.9 Å². The average Bonchev–Trinajstić information content (AvgIpc) is 2.37. The molecule has 0 spiro atoms. The van der Waals surface area contributed by atoms with Crippen molar-refractivity contribution in [1.82, 2.24) is 0 Å². The van der Waals surface area contributed by atoms with Crippen molar-refractivity contribution >= 4 is 17.7 Å². The fraction of sp³-hybridized carbons (Fsp3) is 0.562. The van der Waals surface area contributed by atoms with Gasteiger partial charge in [0.2, 0.25) is 0 Å². The normalized spacial score (nSPS) is 25.2. The van der Waals surface area contributed by atoms with Crippen LogP contribution in [-0.2, 0) is 9.53 Å². The second-order valence-electron chi connectivity index (χ2n) is 5.58. The van der Waals surface area contributed by atoms with Crippen LogP contribution in [0.4, 0.5) is 0 Å². The second-order valence-corrected chi connectivity index (χ2v) is 6.95. The van der Waals surface area contributed by atoms with Crippen molar-refractivity contribution in [3.8, 4) is 0 Å². The Morgan fingerprint density at radius 3 is 2.71 bits per heavy atom. The molecule has 5 heteroatoms. The van der Waals surface area contributed by atoms with Crippen molar-refractivity contribution in [2.45, 2.75) is 61.1 Å². The minimum atomic E-state index is -0.636. The molecule has 0 radical (unpaired) electrons. The number of esters is 1. The van der Waals surface area contributed by atoms with E-state index in [0.717, 1.165) is 11.3 Å². The Morgan fingerprint density at radius 2 is 2.05 bits per heavy atom. The highest BCUT2D eigenvalue weighted by molar-refractivity contribution is 8.00. The number of hydrogen-bond acceptors (Lipinski definition) is 5. The summed E-state index contributed by atoms with van der Waals surface area (Å²) in [6.07, 6.45) is 0.399. The molecule has 0 aromatic heterocycles. The SMILES string of the molecule is C[C@@H](O)C[C@@H](O)C[C@@H]1CC(Sc2ccccc2)CC(=O)O1. The van der Waals surface area contributed by atoms with Gasteiger partial charge in [-0.25, -0.2) is 0 Å². The number of ether oxygens (including phenoxy) is 1. The fourth-order valence-electron chi connectivity index (χ4n) is 2.56. The summed E-state index contributed by atoms with van der Waals surface area (Å²) in [5, 5.41) is 19.3. The van der Waals surface area contributed by atoms with Crippen LogP contribution in [0.2, 0.25) is 0 Å². The fourth-order valence-corrected chi connectivity index (χ4v) is 3.79. The summed E-state index contributed by atoms with van der Waals surface area (Å²) in [6.45, 7) is 1.64. The van der Waals surface area contributed by atoms with Gasteiger partial charge >= 0.3 is 5.97 Å². The molecule has 21 heavy (non-hydrogen) atoms. The van der Waals surface area contributed by atoms with Crippen molar-refractivity contribution < 1.29 is 19.7 Å². The summed E-state index contributed by atoms with van der Waals surface area (Å²) >= 11 is 1.68. The maximum absolute atomic E-state index is 11.7. The van der Waals surface area contributed by atoms with Crippen LogP contribution in [0.25, 0.3) is 0 Å². The summed E-state index contributed by atoms with van der Waals surface area (Å²) < 4.78 is 5.31. The number of hydrogen-bond donors (Lipinski definition) is 2. The molecule has 0 saturated carbocycles. The van der Waals surface area contributed by atoms with E-state index in [1.54, 1.807) is 18.7 Å². The molecule has 0 aliphatic carbocycles. The first kappa shape index (κ1) is 16.3. The van der Waals surface area contributed by atoms with Gasteiger partial charge in [0, 0.05) is 16.6 Å². The summed E-state index contributed by atoms with van der Waals surface area (Å²) in [5.41, 5.74) is 0. The van der Waals surface area contributed by atoms with E-state index in [0.29, 0.717) is 19.3 Å². The van der Waals surface area contributed by atoms with Gasteiger partial charge in [-0.3, -0.25) is 4.79 Å². The zero-order valence-corrected chi connectivity index (χ0v) is 13.0. The van der Waals surface area contributed by atoms with Crippen molar-refractivity contribution in [1.29, 1.82) is 0 Å². The molecular weight excluding hydrogens is 288 g/mol. The molecule has 1 aromatic rings. The van der Waals surface area contributed by atoms with E-state index < -0.39 is 12.2 Å². The quantitative estimate of drug-likeness (QED) is 0.790. The second kappa shape index (κ2) is 7.82. The Hall–Kier alpha value is -1.04. The lowest BCUT2D eigenvalue weighted by Crippen LogP contribution is -2.34. The molecule has 1 heterocycles. The van der Waals surface area contributed by atoms with E-state index in [2.05, 4.69) is 0 Å². The third kappa shape index (κ3) is 5.69. The molecule has 1 unspecified atom stereocenters. The maximum atomic E-state index is 11.7. The predicted molar refractivity (Wildman–Crippen MR) is 82.1 cm³/mol. The minimum absolute atomic E-state index is 0.178. The number of aliphatic hydroxyl groups is 2. The summed E-state index contributed by atoms with van der Waals surface area (Å²) in [7, 11) is 0. The number of carbonyl (C=O) groups is 1. The Bertz CT molecular complexity index is 449. The van der Waals surface area contributed by atoms with Crippen LogP contribution in [0.5, 0.6) is 0 Å². The molecule has 1 saturated heterocycles. The lowest BCUT2D eigenvalue weighted by molar-refractivity contribution is -0.155. The van der Waals surface area contributed by atoms with Crippen LogP contribution in [0.1, 0.15) is 32.6 Å². The number of thioether (sulfide) groups is 1. The molecule has 116 valence electrons. The van der Waals surface area contributed by atoms with Crippen molar-refractivity contribution in [3.63, 3.8) is 0 Å². The van der Waals surface area contributed by atoms with Gasteiger partial charge in [0.15, 0.2) is 0 Å². The summed E-state index contributed by atoms with van der Waals surface area (Å²) in [6, 6.07) is 9.99. The number of carbonyl (C=O) groups excluding carboxylic acids is 1. The zero-order chi connectivity index (χ0) is 15.2. The third-order valence-corrected chi connectivity index (χ3v) is 4.65. The molecule has 2 N–H and O–H groups in total. The van der Waals surface area contributed by atoms with Crippen LogP contribution in [-0.4, -0.2) is 39.7 Å². The summed E-state index contributed by atoms with van der Waals surface area (Å²) in [5.74, 6) is -0.205. The summed E-state index contributed by atoms with van der Waals surface area (Å²) in [4.78, 5) is 12.9. The van der Waals surface area contributed by atoms with Gasteiger partial charge in [-0.1, -0.05) is 18.2 Å². The van der Waals surface area contributed by atoms with Gasteiger partial charge < -0.3 is 14.9 Å². The van der Waals surface area contributed by atoms with E-state index in [1.165, 1.54) is 0 Å². The maximum Gasteiger partial charge on any atom is 0.307 e. The molecule has 1 fully saturated rings. The minimum Gasteiger partial charge on any atom is -0.462 e. The zero-order valence-electron chi connectivity index (χ0n) is 12.1. The van der Waals surface area contributed by atoms with Gasteiger partial charge in [0.25, 0.3) is 0 Å². The first-order chi connectivity index (χ1) is 10.0. The van der Waals surface area contributed by atoms with Crippen LogP contribution in [0.15, 0.2) is 35.2 Å². The number of rotatable bonds is 6. The lowest BCUT2D eigenvalue weighted by Gasteiger charge is -2.30. The Kier molecular flexibility index (Phi) is 6.08. The van der Waals surface area contributed by atoms with Gasteiger partial charge in [-0.2, -0.15) is 0 Å². The first-order valence-corrected chi connectivity index (χ1v) is 8.18. The molecule has 1 aliphatic heterocycles. The molecule has 0 bridgehead atoms. The van der Waals surface area contributed by atoms with E-state index in [9.17, 15) is 15.0 Å². The molecular formula is C16H22O4S. The van der Waals surface area contributed by atoms with Crippen molar-refractivity contribution in [2.75, 3.05) is 0 Å². The first-order valence-electron chi connectivity index (χ1n) is 7.30. The largest absolute Gasteiger partial charge is 0.462 e. The van der Waals surface area contributed by atoms with Crippen molar-refractivity contribution in [2.24, 2.45) is 0 Å². The molecule has 4 nitrogen and oxygen atoms in total. The Labute approximate surface area is 129 Å². The highest BCUT2D eigenvalue weighted by Crippen LogP contribution is 2.33. The average molecular weight is 310 g/mol. The van der Waals surface area contributed by atoms with E-state index in [1.807, 2.05) is 30.3 Å². The number of aliphatic hydroxyl groups excluding tert-OH is 2. The number of benzene rings is 1. The van der Waals surface area contributed by atoms with Crippen LogP contribution in [0.3, 0.4) is 0 Å². The third-order valence-electron chi connectivity index (χ3n) is 3.41. The smallest absolute Gasteiger partial charge is 0.307 e. The van der Waals surface area contributed by atoms with Gasteiger partial charge in [0.1, 0.15) is 6.10 Å². The van der Waals surface area contributed by atoms with E-state index in [4.69, 9.17) is 4.74 Å². The van der Waals surface area contributed by atoms with Gasteiger partial charge in [-0.15, -0.1) is 11.8 Å².